The number of hydrogen-bond acceptors (Lipinski definition) is 4. The first-order chi connectivity index (χ1) is 14.1. The highest BCUT2D eigenvalue weighted by Gasteiger charge is 2.11. The Bertz CT molecular complexity index is 1470. The fourth-order valence-electron chi connectivity index (χ4n) is 3.08. The molecule has 0 N–H and O–H groups in total. The van der Waals surface area contributed by atoms with E-state index in [9.17, 15) is 4.79 Å². The zero-order chi connectivity index (χ0) is 20.0. The summed E-state index contributed by atoms with van der Waals surface area (Å²) < 4.78 is 8.01. The van der Waals surface area contributed by atoms with Crippen LogP contribution in [0.4, 0.5) is 0 Å². The number of rotatable bonds is 3. The number of nitrogens with zero attached hydrogens (tertiary/aromatic N) is 2. The van der Waals surface area contributed by atoms with Crippen LogP contribution in [-0.4, -0.2) is 9.38 Å². The lowest BCUT2D eigenvalue weighted by Crippen LogP contribution is -2.22. The molecule has 0 aliphatic heterocycles. The van der Waals surface area contributed by atoms with Crippen LogP contribution in [0.25, 0.3) is 22.1 Å². The van der Waals surface area contributed by atoms with Crippen molar-refractivity contribution in [2.75, 3.05) is 0 Å². The lowest BCUT2D eigenvalue weighted by atomic mass is 10.2. The van der Waals surface area contributed by atoms with Crippen molar-refractivity contribution in [2.45, 2.75) is 0 Å². The molecule has 0 fully saturated rings. The van der Waals surface area contributed by atoms with Crippen LogP contribution in [0, 0.1) is 0 Å². The Hall–Kier alpha value is -2.86. The summed E-state index contributed by atoms with van der Waals surface area (Å²) in [6.07, 6.45) is 1.78. The molecule has 5 rings (SSSR count). The molecule has 0 unspecified atom stereocenters. The number of halogens is 2. The molecule has 0 aliphatic carbocycles. The maximum absolute atomic E-state index is 12.9. The van der Waals surface area contributed by atoms with Gasteiger partial charge in [-0.3, -0.25) is 4.79 Å². The van der Waals surface area contributed by atoms with Crippen LogP contribution >= 0.6 is 34.5 Å². The van der Waals surface area contributed by atoms with E-state index >= 15 is 0 Å². The molecule has 0 spiro atoms. The van der Waals surface area contributed by atoms with Gasteiger partial charge in [-0.25, -0.2) is 9.38 Å². The van der Waals surface area contributed by atoms with E-state index in [-0.39, 0.29) is 5.56 Å². The number of benzene rings is 3. The van der Waals surface area contributed by atoms with Crippen LogP contribution in [0.3, 0.4) is 0 Å². The molecular weight excluding hydrogens is 427 g/mol. The summed E-state index contributed by atoms with van der Waals surface area (Å²) in [6.45, 7) is 0. The fraction of sp³-hybridized carbons (Fsp3) is 0. The first-order valence-electron chi connectivity index (χ1n) is 8.73. The molecule has 4 nitrogen and oxygen atoms in total. The van der Waals surface area contributed by atoms with E-state index in [4.69, 9.17) is 27.9 Å². The molecule has 5 aromatic rings. The molecule has 2 aromatic heterocycles. The smallest absolute Gasteiger partial charge is 0.274 e. The van der Waals surface area contributed by atoms with Crippen LogP contribution in [0.2, 0.25) is 10.0 Å². The third-order valence-corrected chi connectivity index (χ3v) is 6.00. The van der Waals surface area contributed by atoms with Gasteiger partial charge in [0.05, 0.1) is 20.6 Å². The molecule has 0 aliphatic rings. The highest BCUT2D eigenvalue weighted by Crippen LogP contribution is 2.28. The Labute approximate surface area is 179 Å². The van der Waals surface area contributed by atoms with E-state index in [1.807, 2.05) is 36.4 Å². The lowest BCUT2D eigenvalue weighted by Gasteiger charge is -2.07. The summed E-state index contributed by atoms with van der Waals surface area (Å²) in [4.78, 5) is 18.1. The summed E-state index contributed by atoms with van der Waals surface area (Å²) in [5, 5.41) is 1.13. The van der Waals surface area contributed by atoms with Crippen molar-refractivity contribution in [1.82, 2.24) is 9.38 Å². The quantitative estimate of drug-likeness (QED) is 0.370. The maximum atomic E-state index is 12.9. The van der Waals surface area contributed by atoms with Crippen molar-refractivity contribution >= 4 is 56.6 Å². The molecule has 0 saturated carbocycles. The molecule has 29 heavy (non-hydrogen) atoms. The van der Waals surface area contributed by atoms with Gasteiger partial charge < -0.3 is 4.74 Å². The third kappa shape index (κ3) is 3.38. The number of ether oxygens (including phenoxy) is 1. The Morgan fingerprint density at radius 3 is 2.52 bits per heavy atom. The van der Waals surface area contributed by atoms with Gasteiger partial charge in [0.15, 0.2) is 4.96 Å². The standard InChI is InChI=1S/C22H12Cl2N2O2S/c23-14-6-9-15(10-7-14)28-16-8-5-13(17(24)12-16)11-20-21(27)26-19-4-2-1-3-18(19)25-22(26)29-20/h1-12H/b20-11-. The SMILES string of the molecule is O=c1/c(=C/c2ccc(Oc3ccc(Cl)cc3)cc2Cl)sc2nc3ccccc3n12. The third-order valence-electron chi connectivity index (χ3n) is 4.45. The minimum Gasteiger partial charge on any atom is -0.457 e. The molecule has 142 valence electrons. The fourth-order valence-corrected chi connectivity index (χ4v) is 4.41. The van der Waals surface area contributed by atoms with Gasteiger partial charge in [0.25, 0.3) is 5.56 Å². The summed E-state index contributed by atoms with van der Waals surface area (Å²) in [7, 11) is 0. The Morgan fingerprint density at radius 1 is 0.966 bits per heavy atom. The molecule has 3 aromatic carbocycles. The number of aromatic nitrogens is 2. The van der Waals surface area contributed by atoms with Crippen molar-refractivity contribution in [3.05, 3.63) is 97.2 Å². The van der Waals surface area contributed by atoms with Gasteiger partial charge in [-0.05, 0) is 66.2 Å². The molecule has 0 saturated heterocycles. The number of fused-ring (bicyclic) bond motifs is 3. The monoisotopic (exact) mass is 438 g/mol. The van der Waals surface area contributed by atoms with Crippen LogP contribution in [0.5, 0.6) is 11.5 Å². The van der Waals surface area contributed by atoms with E-state index < -0.39 is 0 Å². The molecule has 0 atom stereocenters. The zero-order valence-corrected chi connectivity index (χ0v) is 17.1. The second-order valence-corrected chi connectivity index (χ2v) is 8.23. The van der Waals surface area contributed by atoms with E-state index in [2.05, 4.69) is 4.98 Å². The van der Waals surface area contributed by atoms with Gasteiger partial charge in [-0.1, -0.05) is 46.7 Å². The van der Waals surface area contributed by atoms with Gasteiger partial charge in [-0.2, -0.15) is 0 Å². The first kappa shape index (κ1) is 18.2. The topological polar surface area (TPSA) is 43.6 Å². The minimum absolute atomic E-state index is 0.101. The molecular formula is C22H12Cl2N2O2S. The van der Waals surface area contributed by atoms with Crippen LogP contribution in [0.1, 0.15) is 5.56 Å². The Balaban J connectivity index is 1.52. The second-order valence-electron chi connectivity index (χ2n) is 6.37. The van der Waals surface area contributed by atoms with Crippen LogP contribution in [0.15, 0.2) is 71.5 Å². The van der Waals surface area contributed by atoms with Gasteiger partial charge >= 0.3 is 0 Å². The normalized spacial score (nSPS) is 12.1. The van der Waals surface area contributed by atoms with Crippen molar-refractivity contribution < 1.29 is 4.74 Å². The largest absolute Gasteiger partial charge is 0.457 e. The predicted molar refractivity (Wildman–Crippen MR) is 119 cm³/mol. The molecule has 0 radical (unpaired) electrons. The predicted octanol–water partition coefficient (Wildman–Crippen LogP) is 5.56. The highest BCUT2D eigenvalue weighted by molar-refractivity contribution is 7.15. The average Bonchev–Trinajstić information content (AvgIpc) is 3.22. The maximum Gasteiger partial charge on any atom is 0.274 e. The minimum atomic E-state index is -0.101. The van der Waals surface area contributed by atoms with E-state index in [1.54, 1.807) is 40.8 Å². The summed E-state index contributed by atoms with van der Waals surface area (Å²) in [6, 6.07) is 20.0. The number of imidazole rings is 1. The molecule has 7 heteroatoms. The number of thiazole rings is 1. The van der Waals surface area contributed by atoms with Crippen molar-refractivity contribution in [3.8, 4) is 11.5 Å². The summed E-state index contributed by atoms with van der Waals surface area (Å²) >= 11 is 13.7. The number of para-hydroxylation sites is 2. The first-order valence-corrected chi connectivity index (χ1v) is 10.3. The molecule has 2 heterocycles. The summed E-state index contributed by atoms with van der Waals surface area (Å²) in [5.74, 6) is 1.26. The molecule has 0 amide bonds. The van der Waals surface area contributed by atoms with Gasteiger partial charge in [0.2, 0.25) is 0 Å². The Morgan fingerprint density at radius 2 is 1.72 bits per heavy atom. The second kappa shape index (κ2) is 7.19. The average molecular weight is 439 g/mol. The zero-order valence-electron chi connectivity index (χ0n) is 14.8. The summed E-state index contributed by atoms with van der Waals surface area (Å²) in [5.41, 5.74) is 2.25. The van der Waals surface area contributed by atoms with Gasteiger partial charge in [0, 0.05) is 5.02 Å². The van der Waals surface area contributed by atoms with Gasteiger partial charge in [-0.15, -0.1) is 0 Å². The number of hydrogen-bond donors (Lipinski definition) is 0. The Kier molecular flexibility index (Phi) is 4.51. The lowest BCUT2D eigenvalue weighted by molar-refractivity contribution is 0.482. The van der Waals surface area contributed by atoms with E-state index in [0.29, 0.717) is 31.0 Å². The van der Waals surface area contributed by atoms with Crippen LogP contribution in [-0.2, 0) is 0 Å². The van der Waals surface area contributed by atoms with Crippen molar-refractivity contribution in [2.24, 2.45) is 0 Å². The van der Waals surface area contributed by atoms with Crippen molar-refractivity contribution in [3.63, 3.8) is 0 Å². The highest BCUT2D eigenvalue weighted by atomic mass is 35.5. The van der Waals surface area contributed by atoms with Crippen LogP contribution < -0.4 is 14.8 Å². The van der Waals surface area contributed by atoms with E-state index in [0.717, 1.165) is 16.6 Å². The molecule has 0 bridgehead atoms. The van der Waals surface area contributed by atoms with Crippen molar-refractivity contribution in [1.29, 1.82) is 0 Å². The van der Waals surface area contributed by atoms with Gasteiger partial charge in [0.1, 0.15) is 11.5 Å². The van der Waals surface area contributed by atoms with E-state index in [1.165, 1.54) is 11.3 Å².